The summed E-state index contributed by atoms with van der Waals surface area (Å²) in [4.78, 5) is 26.8. The van der Waals surface area contributed by atoms with Gasteiger partial charge in [0.05, 0.1) is 16.8 Å². The Balaban J connectivity index is 1.88. The Morgan fingerprint density at radius 2 is 1.91 bits per heavy atom. The molecule has 6 nitrogen and oxygen atoms in total. The topological polar surface area (TPSA) is 89.1 Å². The average Bonchev–Trinajstić information content (AvgIpc) is 3.10. The molecule has 1 aliphatic rings. The van der Waals surface area contributed by atoms with E-state index >= 15 is 0 Å². The Kier molecular flexibility index (Phi) is 3.34. The lowest BCUT2D eigenvalue weighted by Gasteiger charge is -1.98. The minimum absolute atomic E-state index is 0.207. The Labute approximate surface area is 125 Å². The summed E-state index contributed by atoms with van der Waals surface area (Å²) in [5.74, 6) is -0.433. The smallest absolute Gasteiger partial charge is 0.367 e. The van der Waals surface area contributed by atoms with Crippen molar-refractivity contribution < 1.29 is 24.0 Å². The number of benzene rings is 1. The first-order valence-electron chi connectivity index (χ1n) is 6.46. The van der Waals surface area contributed by atoms with Gasteiger partial charge in [-0.25, -0.2) is 9.59 Å². The third-order valence-electron chi connectivity index (χ3n) is 3.20. The van der Waals surface area contributed by atoms with Crippen LogP contribution in [0.5, 0.6) is 0 Å². The second kappa shape index (κ2) is 5.33. The van der Waals surface area contributed by atoms with E-state index in [2.05, 4.69) is 9.99 Å². The number of hydrogen-bond donors (Lipinski definition) is 1. The molecule has 110 valence electrons. The number of carboxylic acids is 1. The number of furan rings is 1. The summed E-state index contributed by atoms with van der Waals surface area (Å²) in [6, 6.07) is 9.79. The van der Waals surface area contributed by atoms with Crippen LogP contribution in [0.15, 0.2) is 51.5 Å². The fourth-order valence-electron chi connectivity index (χ4n) is 2.02. The maximum atomic E-state index is 11.5. The molecule has 2 heterocycles. The standard InChI is InChI=1S/C16H11NO5/c1-9-13(16(20)22-17-9)8-12-6-7-14(21-12)10-2-4-11(5-3-10)15(18)19/h2-8H,1H3,(H,18,19). The molecule has 1 N–H and O–H groups in total. The van der Waals surface area contributed by atoms with E-state index < -0.39 is 11.9 Å². The molecule has 0 atom stereocenters. The summed E-state index contributed by atoms with van der Waals surface area (Å²) < 4.78 is 5.64. The van der Waals surface area contributed by atoms with Gasteiger partial charge in [0.25, 0.3) is 0 Å². The normalized spacial score (nSPS) is 15.8. The molecule has 0 unspecified atom stereocenters. The number of rotatable bonds is 3. The number of carbonyl (C=O) groups is 2. The van der Waals surface area contributed by atoms with Gasteiger partial charge in [0.2, 0.25) is 0 Å². The molecule has 3 rings (SSSR count). The van der Waals surface area contributed by atoms with E-state index in [9.17, 15) is 9.59 Å². The molecular weight excluding hydrogens is 286 g/mol. The van der Waals surface area contributed by atoms with E-state index in [-0.39, 0.29) is 5.56 Å². The largest absolute Gasteiger partial charge is 0.478 e. The number of aromatic carboxylic acids is 1. The van der Waals surface area contributed by atoms with Crippen LogP contribution in [0.2, 0.25) is 0 Å². The van der Waals surface area contributed by atoms with Crippen LogP contribution < -0.4 is 0 Å². The zero-order valence-corrected chi connectivity index (χ0v) is 11.6. The number of carbonyl (C=O) groups excluding carboxylic acids is 1. The zero-order valence-electron chi connectivity index (χ0n) is 11.6. The molecule has 2 aromatic rings. The molecule has 0 radical (unpaired) electrons. The Morgan fingerprint density at radius 3 is 2.50 bits per heavy atom. The van der Waals surface area contributed by atoms with E-state index in [1.807, 2.05) is 0 Å². The van der Waals surface area contributed by atoms with E-state index in [4.69, 9.17) is 9.52 Å². The Hall–Kier alpha value is -3.15. The molecule has 6 heteroatoms. The second-order valence-corrected chi connectivity index (χ2v) is 4.70. The maximum Gasteiger partial charge on any atom is 0.367 e. The number of oxime groups is 1. The fourth-order valence-corrected chi connectivity index (χ4v) is 2.02. The molecule has 0 fully saturated rings. The van der Waals surface area contributed by atoms with E-state index in [0.29, 0.717) is 22.8 Å². The van der Waals surface area contributed by atoms with Gasteiger partial charge in [0, 0.05) is 5.56 Å². The lowest BCUT2D eigenvalue weighted by atomic mass is 10.1. The van der Waals surface area contributed by atoms with Crippen LogP contribution in [-0.2, 0) is 9.63 Å². The number of hydrogen-bond acceptors (Lipinski definition) is 5. The third kappa shape index (κ3) is 2.54. The Bertz CT molecular complexity index is 811. The summed E-state index contributed by atoms with van der Waals surface area (Å²) in [7, 11) is 0. The van der Waals surface area contributed by atoms with Gasteiger partial charge in [-0.05, 0) is 37.3 Å². The third-order valence-corrected chi connectivity index (χ3v) is 3.20. The van der Waals surface area contributed by atoms with Gasteiger partial charge in [0.1, 0.15) is 11.5 Å². The quantitative estimate of drug-likeness (QED) is 0.695. The van der Waals surface area contributed by atoms with Gasteiger partial charge in [-0.2, -0.15) is 0 Å². The molecule has 0 bridgehead atoms. The summed E-state index contributed by atoms with van der Waals surface area (Å²) in [5.41, 5.74) is 1.79. The molecule has 1 aromatic heterocycles. The lowest BCUT2D eigenvalue weighted by molar-refractivity contribution is -0.136. The van der Waals surface area contributed by atoms with Gasteiger partial charge >= 0.3 is 11.9 Å². The van der Waals surface area contributed by atoms with Crippen LogP contribution in [-0.4, -0.2) is 22.8 Å². The van der Waals surface area contributed by atoms with Crippen molar-refractivity contribution in [3.05, 3.63) is 53.3 Å². The highest BCUT2D eigenvalue weighted by atomic mass is 16.7. The monoisotopic (exact) mass is 297 g/mol. The number of nitrogens with zero attached hydrogens (tertiary/aromatic N) is 1. The van der Waals surface area contributed by atoms with Crippen LogP contribution in [0.25, 0.3) is 17.4 Å². The maximum absolute atomic E-state index is 11.5. The van der Waals surface area contributed by atoms with Crippen molar-refractivity contribution in [2.45, 2.75) is 6.92 Å². The minimum Gasteiger partial charge on any atom is -0.478 e. The predicted octanol–water partition coefficient (Wildman–Crippen LogP) is 2.96. The van der Waals surface area contributed by atoms with Gasteiger partial charge in [-0.1, -0.05) is 17.3 Å². The van der Waals surface area contributed by atoms with E-state index in [0.717, 1.165) is 5.56 Å². The van der Waals surface area contributed by atoms with Crippen LogP contribution in [0.1, 0.15) is 23.0 Å². The van der Waals surface area contributed by atoms with Crippen molar-refractivity contribution in [3.63, 3.8) is 0 Å². The molecule has 1 aromatic carbocycles. The lowest BCUT2D eigenvalue weighted by Crippen LogP contribution is -2.01. The van der Waals surface area contributed by atoms with Crippen molar-refractivity contribution in [1.82, 2.24) is 0 Å². The highest BCUT2D eigenvalue weighted by Gasteiger charge is 2.22. The van der Waals surface area contributed by atoms with Gasteiger partial charge in [-0.15, -0.1) is 0 Å². The van der Waals surface area contributed by atoms with Crippen molar-refractivity contribution >= 4 is 23.7 Å². The summed E-state index contributed by atoms with van der Waals surface area (Å²) in [5, 5.41) is 12.5. The zero-order chi connectivity index (χ0) is 15.7. The summed E-state index contributed by atoms with van der Waals surface area (Å²) in [6.45, 7) is 1.67. The van der Waals surface area contributed by atoms with Crippen molar-refractivity contribution in [2.75, 3.05) is 0 Å². The van der Waals surface area contributed by atoms with Crippen LogP contribution >= 0.6 is 0 Å². The van der Waals surface area contributed by atoms with Gasteiger partial charge < -0.3 is 14.4 Å². The predicted molar refractivity (Wildman–Crippen MR) is 78.3 cm³/mol. The first-order chi connectivity index (χ1) is 10.5. The summed E-state index contributed by atoms with van der Waals surface area (Å²) >= 11 is 0. The van der Waals surface area contributed by atoms with Crippen LogP contribution in [0.3, 0.4) is 0 Å². The van der Waals surface area contributed by atoms with Crippen LogP contribution in [0, 0.1) is 0 Å². The molecular formula is C16H11NO5. The van der Waals surface area contributed by atoms with Gasteiger partial charge in [0.15, 0.2) is 0 Å². The van der Waals surface area contributed by atoms with E-state index in [1.165, 1.54) is 12.1 Å². The molecule has 1 aliphatic heterocycles. The molecule has 0 amide bonds. The average molecular weight is 297 g/mol. The van der Waals surface area contributed by atoms with Crippen molar-refractivity contribution in [3.8, 4) is 11.3 Å². The minimum atomic E-state index is -0.981. The van der Waals surface area contributed by atoms with Crippen molar-refractivity contribution in [1.29, 1.82) is 0 Å². The van der Waals surface area contributed by atoms with Crippen LogP contribution in [0.4, 0.5) is 0 Å². The fraction of sp³-hybridized carbons (Fsp3) is 0.0625. The van der Waals surface area contributed by atoms with E-state index in [1.54, 1.807) is 37.3 Å². The second-order valence-electron chi connectivity index (χ2n) is 4.70. The molecule has 0 saturated heterocycles. The SMILES string of the molecule is CC1=NOC(=O)C1=Cc1ccc(-c2ccc(C(=O)O)cc2)o1. The van der Waals surface area contributed by atoms with Crippen molar-refractivity contribution in [2.24, 2.45) is 5.16 Å². The molecule has 22 heavy (non-hydrogen) atoms. The Morgan fingerprint density at radius 1 is 1.18 bits per heavy atom. The highest BCUT2D eigenvalue weighted by molar-refractivity contribution is 6.24. The molecule has 0 aliphatic carbocycles. The van der Waals surface area contributed by atoms with Gasteiger partial charge in [-0.3, -0.25) is 0 Å². The summed E-state index contributed by atoms with van der Waals surface area (Å²) in [6.07, 6.45) is 1.56. The number of carboxylic acid groups (broad SMARTS) is 1. The highest BCUT2D eigenvalue weighted by Crippen LogP contribution is 2.25. The molecule has 0 spiro atoms. The first-order valence-corrected chi connectivity index (χ1v) is 6.46. The molecule has 0 saturated carbocycles. The first kappa shape index (κ1) is 13.8.